The maximum atomic E-state index is 11.4. The molecule has 3 nitrogen and oxygen atoms in total. The van der Waals surface area contributed by atoms with Crippen molar-refractivity contribution in [3.8, 4) is 0 Å². The number of thiophene rings is 1. The molecule has 0 aliphatic heterocycles. The molecule has 1 atom stereocenters. The second-order valence-corrected chi connectivity index (χ2v) is 8.09. The van der Waals surface area contributed by atoms with Crippen LogP contribution in [0.5, 0.6) is 0 Å². The van der Waals surface area contributed by atoms with Crippen molar-refractivity contribution in [3.05, 3.63) is 51.2 Å². The Morgan fingerprint density at radius 1 is 1.16 bits per heavy atom. The van der Waals surface area contributed by atoms with Crippen LogP contribution in [0.1, 0.15) is 27.0 Å². The largest absolute Gasteiger partial charge is 0.384 e. The van der Waals surface area contributed by atoms with Crippen molar-refractivity contribution >= 4 is 21.2 Å². The van der Waals surface area contributed by atoms with E-state index in [1.54, 1.807) is 23.5 Å². The van der Waals surface area contributed by atoms with Gasteiger partial charge in [0.25, 0.3) is 0 Å². The van der Waals surface area contributed by atoms with Crippen molar-refractivity contribution in [1.29, 1.82) is 0 Å². The summed E-state index contributed by atoms with van der Waals surface area (Å²) in [7, 11) is -3.19. The molecule has 1 aromatic heterocycles. The summed E-state index contributed by atoms with van der Waals surface area (Å²) in [6.07, 6.45) is 0.462. The fraction of sp³-hybridized carbons (Fsp3) is 0.286. The fourth-order valence-corrected chi connectivity index (χ4v) is 3.59. The second-order valence-electron chi connectivity index (χ2n) is 4.61. The van der Waals surface area contributed by atoms with E-state index in [4.69, 9.17) is 0 Å². The molecule has 0 spiro atoms. The van der Waals surface area contributed by atoms with Gasteiger partial charge in [-0.3, -0.25) is 0 Å². The third kappa shape index (κ3) is 3.05. The van der Waals surface area contributed by atoms with E-state index in [9.17, 15) is 13.5 Å². The molecule has 2 aromatic rings. The summed E-state index contributed by atoms with van der Waals surface area (Å²) in [6.45, 7) is 3.97. The summed E-state index contributed by atoms with van der Waals surface area (Å²) in [4.78, 5) is 2.50. The molecule has 0 fully saturated rings. The molecule has 1 aromatic carbocycles. The Bertz CT molecular complexity index is 682. The molecule has 2 rings (SSSR count). The molecular weight excluding hydrogens is 280 g/mol. The average Bonchev–Trinajstić information content (AvgIpc) is 2.66. The van der Waals surface area contributed by atoms with Crippen molar-refractivity contribution < 1.29 is 13.5 Å². The van der Waals surface area contributed by atoms with Crippen molar-refractivity contribution in [2.24, 2.45) is 0 Å². The first-order chi connectivity index (χ1) is 8.79. The van der Waals surface area contributed by atoms with Crippen LogP contribution < -0.4 is 0 Å². The number of aliphatic hydroxyl groups is 1. The first kappa shape index (κ1) is 14.2. The Morgan fingerprint density at radius 2 is 1.74 bits per heavy atom. The lowest BCUT2D eigenvalue weighted by Gasteiger charge is -2.11. The zero-order valence-electron chi connectivity index (χ0n) is 11.0. The predicted molar refractivity (Wildman–Crippen MR) is 77.4 cm³/mol. The molecule has 0 radical (unpaired) electrons. The molecule has 0 saturated carbocycles. The van der Waals surface area contributed by atoms with E-state index in [-0.39, 0.29) is 4.90 Å². The van der Waals surface area contributed by atoms with Gasteiger partial charge in [-0.15, -0.1) is 11.3 Å². The van der Waals surface area contributed by atoms with Crippen LogP contribution in [-0.4, -0.2) is 19.8 Å². The zero-order valence-corrected chi connectivity index (χ0v) is 12.7. The summed E-state index contributed by atoms with van der Waals surface area (Å²) < 4.78 is 22.8. The highest BCUT2D eigenvalue weighted by atomic mass is 32.2. The van der Waals surface area contributed by atoms with Gasteiger partial charge in [0.1, 0.15) is 6.10 Å². The highest BCUT2D eigenvalue weighted by molar-refractivity contribution is 7.90. The molecule has 1 heterocycles. The smallest absolute Gasteiger partial charge is 0.175 e. The van der Waals surface area contributed by atoms with E-state index >= 15 is 0 Å². The molecule has 5 heteroatoms. The lowest BCUT2D eigenvalue weighted by atomic mass is 10.0. The van der Waals surface area contributed by atoms with Gasteiger partial charge in [0.2, 0.25) is 0 Å². The minimum absolute atomic E-state index is 0.265. The topological polar surface area (TPSA) is 54.4 Å². The van der Waals surface area contributed by atoms with Crippen molar-refractivity contribution in [2.45, 2.75) is 24.8 Å². The molecule has 102 valence electrons. The summed E-state index contributed by atoms with van der Waals surface area (Å²) in [5.41, 5.74) is 1.59. The minimum atomic E-state index is -3.19. The second kappa shape index (κ2) is 5.07. The predicted octanol–water partition coefficient (Wildman–Crippen LogP) is 2.85. The number of rotatable bonds is 3. The number of sulfone groups is 1. The summed E-state index contributed by atoms with van der Waals surface area (Å²) >= 11 is 1.64. The number of hydrogen-bond donors (Lipinski definition) is 1. The van der Waals surface area contributed by atoms with E-state index < -0.39 is 15.9 Å². The molecule has 19 heavy (non-hydrogen) atoms. The Balaban J connectivity index is 2.35. The SMILES string of the molecule is Cc1cc(C(O)c2ccc(S(C)(=O)=O)cc2)c(C)s1. The van der Waals surface area contributed by atoms with Gasteiger partial charge in [-0.25, -0.2) is 8.42 Å². The fourth-order valence-electron chi connectivity index (χ4n) is 2.00. The first-order valence-electron chi connectivity index (χ1n) is 5.84. The normalized spacial score (nSPS) is 13.5. The van der Waals surface area contributed by atoms with Crippen LogP contribution in [0.25, 0.3) is 0 Å². The molecular formula is C14H16O3S2. The highest BCUT2D eigenvalue weighted by Gasteiger charge is 2.16. The summed E-state index contributed by atoms with van der Waals surface area (Å²) in [6, 6.07) is 8.35. The monoisotopic (exact) mass is 296 g/mol. The molecule has 1 N–H and O–H groups in total. The number of hydrogen-bond acceptors (Lipinski definition) is 4. The number of aliphatic hydroxyl groups excluding tert-OH is 1. The molecule has 0 aliphatic rings. The molecule has 0 aliphatic carbocycles. The van der Waals surface area contributed by atoms with Gasteiger partial charge in [0.05, 0.1) is 4.90 Å². The van der Waals surface area contributed by atoms with E-state index in [2.05, 4.69) is 0 Å². The van der Waals surface area contributed by atoms with E-state index in [0.29, 0.717) is 5.56 Å². The van der Waals surface area contributed by atoms with Crippen LogP contribution in [0.15, 0.2) is 35.2 Å². The van der Waals surface area contributed by atoms with E-state index in [1.807, 2.05) is 19.9 Å². The Hall–Kier alpha value is -1.17. The molecule has 1 unspecified atom stereocenters. The molecule has 0 bridgehead atoms. The average molecular weight is 296 g/mol. The zero-order chi connectivity index (χ0) is 14.2. The lowest BCUT2D eigenvalue weighted by molar-refractivity contribution is 0.220. The standard InChI is InChI=1S/C14H16O3S2/c1-9-8-13(10(2)18-9)14(15)11-4-6-12(7-5-11)19(3,16)17/h4-8,14-15H,1-3H3. The highest BCUT2D eigenvalue weighted by Crippen LogP contribution is 2.30. The van der Waals surface area contributed by atoms with E-state index in [0.717, 1.165) is 15.3 Å². The summed E-state index contributed by atoms with van der Waals surface area (Å²) in [5.74, 6) is 0. The van der Waals surface area contributed by atoms with Gasteiger partial charge in [-0.05, 0) is 43.2 Å². The van der Waals surface area contributed by atoms with Crippen molar-refractivity contribution in [1.82, 2.24) is 0 Å². The Morgan fingerprint density at radius 3 is 2.16 bits per heavy atom. The van der Waals surface area contributed by atoms with Crippen molar-refractivity contribution in [2.75, 3.05) is 6.26 Å². The third-order valence-electron chi connectivity index (χ3n) is 3.00. The molecule has 0 amide bonds. The van der Waals surface area contributed by atoms with Crippen LogP contribution >= 0.6 is 11.3 Å². The van der Waals surface area contributed by atoms with Gasteiger partial charge in [0, 0.05) is 16.0 Å². The minimum Gasteiger partial charge on any atom is -0.384 e. The van der Waals surface area contributed by atoms with Crippen LogP contribution in [0.2, 0.25) is 0 Å². The van der Waals surface area contributed by atoms with Crippen LogP contribution in [0, 0.1) is 13.8 Å². The van der Waals surface area contributed by atoms with Gasteiger partial charge in [-0.1, -0.05) is 12.1 Å². The summed E-state index contributed by atoms with van der Waals surface area (Å²) in [5, 5.41) is 10.3. The van der Waals surface area contributed by atoms with Gasteiger partial charge < -0.3 is 5.11 Å². The number of aryl methyl sites for hydroxylation is 2. The van der Waals surface area contributed by atoms with Crippen LogP contribution in [0.3, 0.4) is 0 Å². The number of benzene rings is 1. The van der Waals surface area contributed by atoms with Gasteiger partial charge in [-0.2, -0.15) is 0 Å². The van der Waals surface area contributed by atoms with Crippen molar-refractivity contribution in [3.63, 3.8) is 0 Å². The van der Waals surface area contributed by atoms with Gasteiger partial charge in [0.15, 0.2) is 9.84 Å². The maximum absolute atomic E-state index is 11.4. The van der Waals surface area contributed by atoms with Crippen LogP contribution in [0.4, 0.5) is 0 Å². The third-order valence-corrected chi connectivity index (χ3v) is 5.11. The lowest BCUT2D eigenvalue weighted by Crippen LogP contribution is -2.01. The van der Waals surface area contributed by atoms with E-state index in [1.165, 1.54) is 18.4 Å². The van der Waals surface area contributed by atoms with Gasteiger partial charge >= 0.3 is 0 Å². The Kier molecular flexibility index (Phi) is 3.80. The maximum Gasteiger partial charge on any atom is 0.175 e. The Labute approximate surface area is 117 Å². The van der Waals surface area contributed by atoms with Crippen LogP contribution in [-0.2, 0) is 9.84 Å². The quantitative estimate of drug-likeness (QED) is 0.947. The molecule has 0 saturated heterocycles. The first-order valence-corrected chi connectivity index (χ1v) is 8.55.